The maximum Gasteiger partial charge on any atom is 0.179 e. The Morgan fingerprint density at radius 3 is 0.736 bits per heavy atom. The van der Waals surface area contributed by atoms with Gasteiger partial charge in [-0.25, -0.2) is 0 Å². The van der Waals surface area contributed by atoms with Crippen molar-refractivity contribution < 1.29 is 0 Å². The lowest BCUT2D eigenvalue weighted by Crippen LogP contribution is -2.74. The van der Waals surface area contributed by atoms with Crippen LogP contribution in [-0.2, 0) is 0 Å². The first-order chi connectivity index (χ1) is 59.9. The molecule has 19 aromatic carbocycles. The van der Waals surface area contributed by atoms with Crippen molar-refractivity contribution >= 4 is 116 Å². The van der Waals surface area contributed by atoms with Gasteiger partial charge in [0.05, 0.1) is 55.8 Å². The van der Waals surface area contributed by atoms with Gasteiger partial charge in [-0.15, -0.1) is 0 Å². The van der Waals surface area contributed by atoms with Crippen molar-refractivity contribution in [1.82, 2.24) is 18.3 Å². The predicted octanol–water partition coefficient (Wildman–Crippen LogP) is 27.0. The molecule has 4 heterocycles. The summed E-state index contributed by atoms with van der Waals surface area (Å²) in [4.78, 5) is 0. The average molecular weight is 1560 g/mol. The second-order valence-corrected chi connectivity index (χ2v) is 35.2. The van der Waals surface area contributed by atoms with E-state index in [2.05, 4.69) is 473 Å². The van der Waals surface area contributed by atoms with Crippen molar-refractivity contribution in [3.05, 3.63) is 473 Å². The summed E-state index contributed by atoms with van der Waals surface area (Å²) in [5.41, 5.74) is 28.6. The molecule has 121 heavy (non-hydrogen) atoms. The molecule has 0 saturated heterocycles. The summed E-state index contributed by atoms with van der Waals surface area (Å²) < 4.78 is 9.57. The van der Waals surface area contributed by atoms with Gasteiger partial charge in [0, 0.05) is 65.8 Å². The van der Waals surface area contributed by atoms with Crippen molar-refractivity contribution in [2.45, 2.75) is 0 Å². The molecule has 0 unspecified atom stereocenters. The lowest BCUT2D eigenvalue weighted by Gasteiger charge is -2.34. The van der Waals surface area contributed by atoms with Gasteiger partial charge in [-0.05, 0) is 215 Å². The Bertz CT molecular complexity index is 7840. The van der Waals surface area contributed by atoms with Crippen LogP contribution in [0.4, 0.5) is 0 Å². The normalized spacial score (nSPS) is 11.6. The second kappa shape index (κ2) is 30.3. The fourth-order valence-electron chi connectivity index (χ4n) is 19.0. The molecule has 4 aromatic heterocycles. The van der Waals surface area contributed by atoms with Crippen LogP contribution in [0.15, 0.2) is 467 Å². The molecule has 0 fully saturated rings. The van der Waals surface area contributed by atoms with Gasteiger partial charge >= 0.3 is 0 Å². The first-order valence-electron chi connectivity index (χ1n) is 41.4. The Hall–Kier alpha value is -15.9. The topological polar surface area (TPSA) is 43.5 Å². The fourth-order valence-corrected chi connectivity index (χ4v) is 23.8. The molecule has 0 aliphatic rings. The molecule has 0 amide bonds. The third-order valence-electron chi connectivity index (χ3n) is 24.6. The van der Waals surface area contributed by atoms with E-state index < -0.39 is 8.07 Å². The molecule has 6 heteroatoms. The molecule has 5 nitrogen and oxygen atoms in total. The van der Waals surface area contributed by atoms with E-state index in [1.54, 1.807) is 0 Å². The minimum absolute atomic E-state index is 0.646. The monoisotopic (exact) mass is 1560 g/mol. The van der Waals surface area contributed by atoms with Crippen LogP contribution in [0.2, 0.25) is 0 Å². The Kier molecular flexibility index (Phi) is 17.9. The average Bonchev–Trinajstić information content (AvgIpc) is 1.69. The highest BCUT2D eigenvalue weighted by Crippen LogP contribution is 2.43. The molecule has 0 aliphatic heterocycles. The number of hydrogen-bond donors (Lipinski definition) is 0. The van der Waals surface area contributed by atoms with Crippen molar-refractivity contribution in [3.8, 4) is 95.6 Å². The zero-order valence-electron chi connectivity index (χ0n) is 66.2. The summed E-state index contributed by atoms with van der Waals surface area (Å²) in [7, 11) is -2.82. The van der Waals surface area contributed by atoms with E-state index in [9.17, 15) is 5.26 Å². The van der Waals surface area contributed by atoms with E-state index in [1.807, 2.05) is 18.2 Å². The van der Waals surface area contributed by atoms with Gasteiger partial charge in [0.25, 0.3) is 0 Å². The highest BCUT2D eigenvalue weighted by atomic mass is 28.3. The first-order valence-corrected chi connectivity index (χ1v) is 43.4. The van der Waals surface area contributed by atoms with Crippen LogP contribution in [0, 0.1) is 11.3 Å². The van der Waals surface area contributed by atoms with Crippen LogP contribution in [0.3, 0.4) is 0 Å². The number of benzene rings is 19. The second-order valence-electron chi connectivity index (χ2n) is 31.4. The van der Waals surface area contributed by atoms with Gasteiger partial charge in [-0.2, -0.15) is 5.26 Å². The molecule has 0 bridgehead atoms. The highest BCUT2D eigenvalue weighted by molar-refractivity contribution is 7.20. The quantitative estimate of drug-likeness (QED) is 0.0790. The van der Waals surface area contributed by atoms with Gasteiger partial charge in [0.15, 0.2) is 8.07 Å². The Morgan fingerprint density at radius 1 is 0.157 bits per heavy atom. The van der Waals surface area contributed by atoms with E-state index in [0.717, 1.165) is 61.2 Å². The summed E-state index contributed by atoms with van der Waals surface area (Å²) in [5, 5.41) is 25.0. The van der Waals surface area contributed by atoms with E-state index in [-0.39, 0.29) is 0 Å². The number of rotatable bonds is 14. The van der Waals surface area contributed by atoms with Gasteiger partial charge in [-0.1, -0.05) is 340 Å². The number of fused-ring (bicyclic) bond motifs is 12. The summed E-state index contributed by atoms with van der Waals surface area (Å²) in [6, 6.07) is 173. The molecule has 0 N–H and O–H groups in total. The number of nitriles is 1. The molecule has 23 rings (SSSR count). The number of para-hydroxylation sites is 2. The van der Waals surface area contributed by atoms with Crippen LogP contribution in [0.25, 0.3) is 177 Å². The number of nitrogens with zero attached hydrogens (tertiary/aromatic N) is 5. The largest absolute Gasteiger partial charge is 0.309 e. The molecule has 566 valence electrons. The first kappa shape index (κ1) is 71.6. The Morgan fingerprint density at radius 2 is 0.405 bits per heavy atom. The van der Waals surface area contributed by atoms with Gasteiger partial charge in [-0.3, -0.25) is 0 Å². The summed E-state index contributed by atoms with van der Waals surface area (Å²) in [5.74, 6) is 0. The fraction of sp³-hybridized carbons (Fsp3) is 0. The lowest BCUT2D eigenvalue weighted by atomic mass is 10.0. The summed E-state index contributed by atoms with van der Waals surface area (Å²) in [6.45, 7) is 0. The van der Waals surface area contributed by atoms with Crippen LogP contribution >= 0.6 is 0 Å². The van der Waals surface area contributed by atoms with Gasteiger partial charge in [0.2, 0.25) is 0 Å². The molecule has 0 atom stereocenters. The van der Waals surface area contributed by atoms with E-state index >= 15 is 0 Å². The van der Waals surface area contributed by atoms with Crippen molar-refractivity contribution in [2.75, 3.05) is 0 Å². The van der Waals surface area contributed by atoms with E-state index in [1.165, 1.54) is 136 Å². The third kappa shape index (κ3) is 12.5. The maximum absolute atomic E-state index is 9.86. The van der Waals surface area contributed by atoms with E-state index in [0.29, 0.717) is 5.56 Å². The number of hydrogen-bond acceptors (Lipinski definition) is 1. The standard InChI is InChI=1S/C66H46N2Si.C49H31N3/c1-6-20-47(21-7-1)49-24-18-26-53(42-49)67-63-35-17-16-34-59(63)60-44-51(36-39-64(60)67)52-37-40-65-61(45-52)62-46-58(38-41-66(62)68(65)54-27-19-25-50(43-54)48-22-8-2-9-23-48)69(55-28-10-3-11-29-55,56-30-12-4-13-31-56)57-32-14-5-15-33-57;50-32-33-21-24-43-45-31-39(23-26-48(45)52(49(43)27-33)41-18-10-16-37(29-41)35-13-5-2-6-14-35)38-22-25-47-44(30-38)42-19-7-8-20-46(42)51(47)40-17-9-15-36(28-40)34-11-3-1-4-12-34/h1-46H;1-31H. The van der Waals surface area contributed by atoms with Crippen molar-refractivity contribution in [2.24, 2.45) is 0 Å². The predicted molar refractivity (Wildman–Crippen MR) is 511 cm³/mol. The van der Waals surface area contributed by atoms with Crippen molar-refractivity contribution in [3.63, 3.8) is 0 Å². The van der Waals surface area contributed by atoms with Crippen molar-refractivity contribution in [1.29, 1.82) is 5.26 Å². The van der Waals surface area contributed by atoms with E-state index in [4.69, 9.17) is 0 Å². The number of aromatic nitrogens is 4. The molecule has 23 aromatic rings. The molecule has 0 radical (unpaired) electrons. The highest BCUT2D eigenvalue weighted by Gasteiger charge is 2.42. The minimum atomic E-state index is -2.82. The van der Waals surface area contributed by atoms with Gasteiger partial charge < -0.3 is 18.3 Å². The molecular formula is C115H77N5Si. The Balaban J connectivity index is 0.000000151. The molecule has 0 saturated carbocycles. The minimum Gasteiger partial charge on any atom is -0.309 e. The van der Waals surface area contributed by atoms with Crippen LogP contribution in [0.1, 0.15) is 5.56 Å². The SMILES string of the molecule is N#Cc1ccc2c3cc(-c4ccc5c(c4)c4ccccc4n5-c4cccc(-c5ccccc5)c4)ccc3n(-c3cccc(-c4ccccc4)c3)c2c1.c1ccc(-c2cccc(-n3c4ccccc4c4cc(-c5ccc6c(c5)c5cc([Si](c7ccccc7)(c7ccccc7)c7ccccc7)ccc5n6-c5cccc(-c6ccccc6)c5)ccc43)c2)cc1. The van der Waals surface area contributed by atoms with Gasteiger partial charge in [0.1, 0.15) is 0 Å². The molecule has 0 spiro atoms. The maximum atomic E-state index is 9.86. The van der Waals surface area contributed by atoms with Crippen LogP contribution in [0.5, 0.6) is 0 Å². The van der Waals surface area contributed by atoms with Crippen LogP contribution < -0.4 is 20.7 Å². The Labute approximate surface area is 703 Å². The third-order valence-corrected chi connectivity index (χ3v) is 29.3. The molecular weight excluding hydrogens is 1480 g/mol. The molecule has 0 aliphatic carbocycles. The lowest BCUT2D eigenvalue weighted by molar-refractivity contribution is 1.18. The van der Waals surface area contributed by atoms with Crippen LogP contribution in [-0.4, -0.2) is 26.3 Å². The summed E-state index contributed by atoms with van der Waals surface area (Å²) >= 11 is 0. The smallest absolute Gasteiger partial charge is 0.179 e. The zero-order valence-corrected chi connectivity index (χ0v) is 67.2. The zero-order chi connectivity index (χ0) is 80.3. The summed E-state index contributed by atoms with van der Waals surface area (Å²) in [6.07, 6.45) is 0.